The maximum Gasteiger partial charge on any atom is 0.220 e. The van der Waals surface area contributed by atoms with Gasteiger partial charge in [0.2, 0.25) is 5.91 Å². The van der Waals surface area contributed by atoms with Crippen molar-refractivity contribution in [2.24, 2.45) is 0 Å². The first kappa shape index (κ1) is 20.6. The number of carbonyl (C=O) groups excluding carboxylic acids is 2. The second-order valence-electron chi connectivity index (χ2n) is 6.64. The topological polar surface area (TPSA) is 73.9 Å². The Balaban J connectivity index is 1.28. The van der Waals surface area contributed by atoms with Crippen molar-refractivity contribution in [3.05, 3.63) is 53.8 Å². The van der Waals surface area contributed by atoms with E-state index >= 15 is 0 Å². The standard InChI is InChI=1S/C22H24FNO5/c23-17-4-6-18(7-5-17)27-12-2-1-11-24-22(26)10-8-19(25)16-3-9-20-21(15-16)29-14-13-28-20/h3-7,9,15H,1-2,8,10-14H2,(H,24,26). The highest BCUT2D eigenvalue weighted by atomic mass is 19.1. The number of ketones is 1. The van der Waals surface area contributed by atoms with Gasteiger partial charge in [0.25, 0.3) is 0 Å². The second-order valence-corrected chi connectivity index (χ2v) is 6.64. The van der Waals surface area contributed by atoms with Crippen LogP contribution in [0.15, 0.2) is 42.5 Å². The van der Waals surface area contributed by atoms with Crippen LogP contribution in [0.3, 0.4) is 0 Å². The van der Waals surface area contributed by atoms with E-state index < -0.39 is 0 Å². The number of fused-ring (bicyclic) bond motifs is 1. The Morgan fingerprint density at radius 1 is 0.966 bits per heavy atom. The molecule has 0 saturated carbocycles. The molecule has 3 rings (SSSR count). The molecule has 0 fully saturated rings. The molecule has 0 aromatic heterocycles. The first-order chi connectivity index (χ1) is 14.1. The van der Waals surface area contributed by atoms with Crippen molar-refractivity contribution in [1.29, 1.82) is 0 Å². The summed E-state index contributed by atoms with van der Waals surface area (Å²) in [4.78, 5) is 24.2. The van der Waals surface area contributed by atoms with Crippen molar-refractivity contribution in [2.75, 3.05) is 26.4 Å². The molecular weight excluding hydrogens is 377 g/mol. The Kier molecular flexibility index (Phi) is 7.44. The quantitative estimate of drug-likeness (QED) is 0.487. The summed E-state index contributed by atoms with van der Waals surface area (Å²) in [6.07, 6.45) is 1.79. The van der Waals surface area contributed by atoms with Crippen LogP contribution in [-0.2, 0) is 4.79 Å². The van der Waals surface area contributed by atoms with Crippen LogP contribution in [0, 0.1) is 5.82 Å². The summed E-state index contributed by atoms with van der Waals surface area (Å²) in [5.74, 6) is 1.25. The first-order valence-corrected chi connectivity index (χ1v) is 9.70. The van der Waals surface area contributed by atoms with Crippen LogP contribution in [-0.4, -0.2) is 38.1 Å². The fourth-order valence-corrected chi connectivity index (χ4v) is 2.85. The van der Waals surface area contributed by atoms with Gasteiger partial charge in [-0.05, 0) is 55.3 Å². The van der Waals surface area contributed by atoms with Gasteiger partial charge in [-0.25, -0.2) is 4.39 Å². The zero-order valence-corrected chi connectivity index (χ0v) is 16.1. The lowest BCUT2D eigenvalue weighted by atomic mass is 10.1. The van der Waals surface area contributed by atoms with E-state index in [0.717, 1.165) is 12.8 Å². The lowest BCUT2D eigenvalue weighted by Gasteiger charge is -2.18. The molecule has 0 unspecified atom stereocenters. The van der Waals surface area contributed by atoms with Gasteiger partial charge in [-0.3, -0.25) is 9.59 Å². The van der Waals surface area contributed by atoms with Crippen molar-refractivity contribution in [3.8, 4) is 17.2 Å². The minimum atomic E-state index is -0.299. The van der Waals surface area contributed by atoms with Crippen LogP contribution in [0.5, 0.6) is 17.2 Å². The highest BCUT2D eigenvalue weighted by Gasteiger charge is 2.15. The molecule has 29 heavy (non-hydrogen) atoms. The number of nitrogens with one attached hydrogen (secondary N) is 1. The third kappa shape index (κ3) is 6.48. The number of benzene rings is 2. The molecule has 0 bridgehead atoms. The number of carbonyl (C=O) groups is 2. The fraction of sp³-hybridized carbons (Fsp3) is 0.364. The number of hydrogen-bond acceptors (Lipinski definition) is 5. The van der Waals surface area contributed by atoms with Crippen molar-refractivity contribution in [3.63, 3.8) is 0 Å². The molecule has 0 atom stereocenters. The molecule has 1 amide bonds. The lowest BCUT2D eigenvalue weighted by molar-refractivity contribution is -0.121. The Labute approximate surface area is 169 Å². The minimum Gasteiger partial charge on any atom is -0.494 e. The molecule has 154 valence electrons. The average molecular weight is 401 g/mol. The lowest BCUT2D eigenvalue weighted by Crippen LogP contribution is -2.25. The number of hydrogen-bond donors (Lipinski definition) is 1. The molecule has 0 saturated heterocycles. The minimum absolute atomic E-state index is 0.107. The number of rotatable bonds is 10. The number of Topliss-reactive ketones (excluding diaryl/α,β-unsaturated/α-hetero) is 1. The van der Waals surface area contributed by atoms with E-state index in [-0.39, 0.29) is 30.3 Å². The number of halogens is 1. The van der Waals surface area contributed by atoms with Crippen LogP contribution in [0.2, 0.25) is 0 Å². The number of unbranched alkanes of at least 4 members (excludes halogenated alkanes) is 1. The number of amides is 1. The molecule has 2 aromatic carbocycles. The van der Waals surface area contributed by atoms with Gasteiger partial charge in [-0.2, -0.15) is 0 Å². The zero-order chi connectivity index (χ0) is 20.5. The van der Waals surface area contributed by atoms with Crippen molar-refractivity contribution < 1.29 is 28.2 Å². The summed E-state index contributed by atoms with van der Waals surface area (Å²) in [5, 5.41) is 2.80. The summed E-state index contributed by atoms with van der Waals surface area (Å²) in [7, 11) is 0. The summed E-state index contributed by atoms with van der Waals surface area (Å²) >= 11 is 0. The van der Waals surface area contributed by atoms with E-state index in [0.29, 0.717) is 49.2 Å². The maximum absolute atomic E-state index is 12.8. The van der Waals surface area contributed by atoms with Gasteiger partial charge in [0.15, 0.2) is 17.3 Å². The van der Waals surface area contributed by atoms with Crippen LogP contribution >= 0.6 is 0 Å². The van der Waals surface area contributed by atoms with Gasteiger partial charge < -0.3 is 19.5 Å². The SMILES string of the molecule is O=C(CCC(=O)c1ccc2c(c1)OCCO2)NCCCCOc1ccc(F)cc1. The second kappa shape index (κ2) is 10.5. The van der Waals surface area contributed by atoms with E-state index in [1.165, 1.54) is 12.1 Å². The number of ether oxygens (including phenoxy) is 3. The van der Waals surface area contributed by atoms with Crippen LogP contribution in [0.1, 0.15) is 36.0 Å². The van der Waals surface area contributed by atoms with Gasteiger partial charge >= 0.3 is 0 Å². The van der Waals surface area contributed by atoms with Gasteiger partial charge in [-0.15, -0.1) is 0 Å². The largest absolute Gasteiger partial charge is 0.494 e. The van der Waals surface area contributed by atoms with E-state index in [9.17, 15) is 14.0 Å². The summed E-state index contributed by atoms with van der Waals surface area (Å²) in [5.41, 5.74) is 0.514. The molecular formula is C22H24FNO5. The zero-order valence-electron chi connectivity index (χ0n) is 16.1. The monoisotopic (exact) mass is 401 g/mol. The van der Waals surface area contributed by atoms with Crippen LogP contribution < -0.4 is 19.5 Å². The molecule has 0 radical (unpaired) electrons. The van der Waals surface area contributed by atoms with Crippen molar-refractivity contribution >= 4 is 11.7 Å². The summed E-state index contributed by atoms with van der Waals surface area (Å²) in [6, 6.07) is 10.9. The molecule has 1 N–H and O–H groups in total. The van der Waals surface area contributed by atoms with Gasteiger partial charge in [0.1, 0.15) is 24.8 Å². The molecule has 2 aromatic rings. The van der Waals surface area contributed by atoms with Gasteiger partial charge in [0, 0.05) is 24.9 Å². The van der Waals surface area contributed by atoms with Gasteiger partial charge in [0.05, 0.1) is 6.61 Å². The first-order valence-electron chi connectivity index (χ1n) is 9.70. The Morgan fingerprint density at radius 3 is 2.52 bits per heavy atom. The van der Waals surface area contributed by atoms with Gasteiger partial charge in [-0.1, -0.05) is 0 Å². The molecule has 1 heterocycles. The fourth-order valence-electron chi connectivity index (χ4n) is 2.85. The third-order valence-electron chi connectivity index (χ3n) is 4.42. The van der Waals surface area contributed by atoms with Crippen molar-refractivity contribution in [1.82, 2.24) is 5.32 Å². The molecule has 0 spiro atoms. The normalized spacial score (nSPS) is 12.3. The predicted molar refractivity (Wildman–Crippen MR) is 105 cm³/mol. The predicted octanol–water partition coefficient (Wildman–Crippen LogP) is 3.54. The molecule has 1 aliphatic rings. The van der Waals surface area contributed by atoms with E-state index in [4.69, 9.17) is 14.2 Å². The molecule has 0 aliphatic carbocycles. The van der Waals surface area contributed by atoms with E-state index in [1.807, 2.05) is 0 Å². The smallest absolute Gasteiger partial charge is 0.220 e. The summed E-state index contributed by atoms with van der Waals surface area (Å²) in [6.45, 7) is 1.97. The Bertz CT molecular complexity index is 838. The van der Waals surface area contributed by atoms with E-state index in [1.54, 1.807) is 30.3 Å². The van der Waals surface area contributed by atoms with Crippen LogP contribution in [0.4, 0.5) is 4.39 Å². The molecule has 6 nitrogen and oxygen atoms in total. The Hall–Kier alpha value is -3.09. The van der Waals surface area contributed by atoms with E-state index in [2.05, 4.69) is 5.32 Å². The highest BCUT2D eigenvalue weighted by molar-refractivity contribution is 5.98. The maximum atomic E-state index is 12.8. The highest BCUT2D eigenvalue weighted by Crippen LogP contribution is 2.31. The third-order valence-corrected chi connectivity index (χ3v) is 4.42. The molecule has 7 heteroatoms. The average Bonchev–Trinajstić information content (AvgIpc) is 2.75. The van der Waals surface area contributed by atoms with Crippen molar-refractivity contribution in [2.45, 2.75) is 25.7 Å². The summed E-state index contributed by atoms with van der Waals surface area (Å²) < 4.78 is 29.2. The van der Waals surface area contributed by atoms with Crippen LogP contribution in [0.25, 0.3) is 0 Å². The Morgan fingerprint density at radius 2 is 1.72 bits per heavy atom. The molecule has 1 aliphatic heterocycles.